The van der Waals surface area contributed by atoms with Crippen LogP contribution in [0.5, 0.6) is 0 Å². The largest absolute Gasteiger partial charge is 0.383 e. The molecular formula is C14H12N4O. The standard InChI is InChI=1S/C14H12N4O/c1-7-12-9(6-10(14(16)19)13(15)18-12)8-4-2-3-5-11(8)17-7/h2-6H,1H3,(H2,15,18)(H2,16,19). The van der Waals surface area contributed by atoms with Gasteiger partial charge >= 0.3 is 0 Å². The summed E-state index contributed by atoms with van der Waals surface area (Å²) in [4.78, 5) is 20.1. The first-order valence-corrected chi connectivity index (χ1v) is 5.83. The number of pyridine rings is 2. The minimum Gasteiger partial charge on any atom is -0.383 e. The number of nitrogens with zero attached hydrogens (tertiary/aromatic N) is 2. The van der Waals surface area contributed by atoms with Gasteiger partial charge in [-0.1, -0.05) is 18.2 Å². The molecule has 0 saturated heterocycles. The van der Waals surface area contributed by atoms with Crippen LogP contribution in [0.4, 0.5) is 5.82 Å². The number of carbonyl (C=O) groups is 1. The average Bonchev–Trinajstić information content (AvgIpc) is 2.38. The number of anilines is 1. The van der Waals surface area contributed by atoms with Gasteiger partial charge in [-0.15, -0.1) is 0 Å². The number of carbonyl (C=O) groups excluding carboxylic acids is 1. The fourth-order valence-electron chi connectivity index (χ4n) is 2.24. The van der Waals surface area contributed by atoms with E-state index in [1.807, 2.05) is 31.2 Å². The van der Waals surface area contributed by atoms with E-state index in [0.29, 0.717) is 5.52 Å². The molecule has 0 aliphatic heterocycles. The number of aryl methyl sites for hydroxylation is 1. The van der Waals surface area contributed by atoms with Crippen LogP contribution in [0.15, 0.2) is 30.3 Å². The summed E-state index contributed by atoms with van der Waals surface area (Å²) in [5, 5.41) is 1.77. The highest BCUT2D eigenvalue weighted by atomic mass is 16.1. The van der Waals surface area contributed by atoms with Crippen LogP contribution in [-0.4, -0.2) is 15.9 Å². The molecule has 5 heteroatoms. The van der Waals surface area contributed by atoms with Gasteiger partial charge in [0.15, 0.2) is 0 Å². The van der Waals surface area contributed by atoms with Gasteiger partial charge in [-0.2, -0.15) is 0 Å². The van der Waals surface area contributed by atoms with Crippen molar-refractivity contribution in [1.82, 2.24) is 9.97 Å². The molecule has 4 N–H and O–H groups in total. The SMILES string of the molecule is Cc1nc2ccccc2c2cc(C(N)=O)c(N)nc12. The highest BCUT2D eigenvalue weighted by Gasteiger charge is 2.13. The van der Waals surface area contributed by atoms with Gasteiger partial charge in [0.05, 0.1) is 22.3 Å². The van der Waals surface area contributed by atoms with E-state index in [0.717, 1.165) is 22.0 Å². The maximum atomic E-state index is 11.4. The molecule has 0 unspecified atom stereocenters. The number of hydrogen-bond donors (Lipinski definition) is 2. The monoisotopic (exact) mass is 252 g/mol. The van der Waals surface area contributed by atoms with Crippen molar-refractivity contribution in [2.45, 2.75) is 6.92 Å². The molecule has 0 spiro atoms. The lowest BCUT2D eigenvalue weighted by molar-refractivity contribution is 0.100. The Bertz CT molecular complexity index is 826. The molecule has 0 saturated carbocycles. The molecule has 1 aromatic carbocycles. The third-order valence-corrected chi connectivity index (χ3v) is 3.14. The van der Waals surface area contributed by atoms with Gasteiger partial charge in [-0.25, -0.2) is 4.98 Å². The van der Waals surface area contributed by atoms with Gasteiger partial charge < -0.3 is 11.5 Å². The third-order valence-electron chi connectivity index (χ3n) is 3.14. The van der Waals surface area contributed by atoms with Gasteiger partial charge in [0.1, 0.15) is 5.82 Å². The Morgan fingerprint density at radius 3 is 2.63 bits per heavy atom. The number of benzene rings is 1. The second kappa shape index (κ2) is 3.91. The lowest BCUT2D eigenvalue weighted by Gasteiger charge is -2.09. The Balaban J connectivity index is 2.54. The third kappa shape index (κ3) is 1.67. The zero-order valence-electron chi connectivity index (χ0n) is 10.3. The maximum absolute atomic E-state index is 11.4. The molecule has 0 aliphatic carbocycles. The van der Waals surface area contributed by atoms with Crippen LogP contribution in [0.3, 0.4) is 0 Å². The second-order valence-corrected chi connectivity index (χ2v) is 4.40. The Morgan fingerprint density at radius 2 is 1.89 bits per heavy atom. The first-order chi connectivity index (χ1) is 9.08. The zero-order valence-corrected chi connectivity index (χ0v) is 10.3. The van der Waals surface area contributed by atoms with Crippen molar-refractivity contribution in [2.24, 2.45) is 5.73 Å². The molecule has 0 atom stereocenters. The van der Waals surface area contributed by atoms with Gasteiger partial charge in [-0.3, -0.25) is 9.78 Å². The van der Waals surface area contributed by atoms with E-state index < -0.39 is 5.91 Å². The average molecular weight is 252 g/mol. The highest BCUT2D eigenvalue weighted by molar-refractivity contribution is 6.09. The lowest BCUT2D eigenvalue weighted by Crippen LogP contribution is -2.14. The number of aromatic nitrogens is 2. The van der Waals surface area contributed by atoms with E-state index in [1.165, 1.54) is 0 Å². The number of nitrogen functional groups attached to an aromatic ring is 1. The summed E-state index contributed by atoms with van der Waals surface area (Å²) >= 11 is 0. The van der Waals surface area contributed by atoms with Crippen LogP contribution >= 0.6 is 0 Å². The number of primary amides is 1. The number of para-hydroxylation sites is 1. The fraction of sp³-hybridized carbons (Fsp3) is 0.0714. The normalized spacial score (nSPS) is 11.0. The minimum absolute atomic E-state index is 0.139. The predicted molar refractivity (Wildman–Crippen MR) is 74.7 cm³/mol. The van der Waals surface area contributed by atoms with Gasteiger partial charge in [0.2, 0.25) is 0 Å². The van der Waals surface area contributed by atoms with Crippen molar-refractivity contribution in [3.63, 3.8) is 0 Å². The molecule has 3 aromatic rings. The first-order valence-electron chi connectivity index (χ1n) is 5.83. The van der Waals surface area contributed by atoms with Gasteiger partial charge in [-0.05, 0) is 19.1 Å². The molecule has 19 heavy (non-hydrogen) atoms. The van der Waals surface area contributed by atoms with E-state index in [-0.39, 0.29) is 11.4 Å². The second-order valence-electron chi connectivity index (χ2n) is 4.40. The zero-order chi connectivity index (χ0) is 13.6. The van der Waals surface area contributed by atoms with Crippen molar-refractivity contribution in [1.29, 1.82) is 0 Å². The van der Waals surface area contributed by atoms with Crippen LogP contribution in [-0.2, 0) is 0 Å². The predicted octanol–water partition coefficient (Wildman–Crippen LogP) is 1.77. The Labute approximate surface area is 109 Å². The molecule has 2 heterocycles. The first kappa shape index (κ1) is 11.4. The molecule has 0 radical (unpaired) electrons. The van der Waals surface area contributed by atoms with Crippen LogP contribution in [0.1, 0.15) is 16.1 Å². The number of amides is 1. The van der Waals surface area contributed by atoms with Gasteiger partial charge in [0.25, 0.3) is 5.91 Å². The summed E-state index contributed by atoms with van der Waals surface area (Å²) in [7, 11) is 0. The smallest absolute Gasteiger partial charge is 0.252 e. The number of rotatable bonds is 1. The van der Waals surface area contributed by atoms with Crippen molar-refractivity contribution < 1.29 is 4.79 Å². The van der Waals surface area contributed by atoms with E-state index in [9.17, 15) is 4.79 Å². The van der Waals surface area contributed by atoms with E-state index in [1.54, 1.807) is 6.07 Å². The van der Waals surface area contributed by atoms with Crippen LogP contribution in [0.25, 0.3) is 21.8 Å². The summed E-state index contributed by atoms with van der Waals surface area (Å²) in [6.07, 6.45) is 0. The summed E-state index contributed by atoms with van der Waals surface area (Å²) in [5.74, 6) is -0.439. The number of fused-ring (bicyclic) bond motifs is 3. The van der Waals surface area contributed by atoms with Crippen molar-refractivity contribution in [2.75, 3.05) is 5.73 Å². The summed E-state index contributed by atoms with van der Waals surface area (Å²) in [6, 6.07) is 9.38. The van der Waals surface area contributed by atoms with Crippen LogP contribution in [0.2, 0.25) is 0 Å². The quantitative estimate of drug-likeness (QED) is 0.645. The molecule has 5 nitrogen and oxygen atoms in total. The molecule has 1 amide bonds. The molecule has 2 aromatic heterocycles. The van der Waals surface area contributed by atoms with Crippen LogP contribution < -0.4 is 11.5 Å². The molecule has 0 aliphatic rings. The molecule has 3 rings (SSSR count). The molecule has 94 valence electrons. The number of nitrogens with two attached hydrogens (primary N) is 2. The van der Waals surface area contributed by atoms with E-state index in [2.05, 4.69) is 9.97 Å². The Hall–Kier alpha value is -2.69. The summed E-state index contributed by atoms with van der Waals surface area (Å²) < 4.78 is 0. The number of hydrogen-bond acceptors (Lipinski definition) is 4. The van der Waals surface area contributed by atoms with E-state index in [4.69, 9.17) is 11.5 Å². The van der Waals surface area contributed by atoms with Crippen molar-refractivity contribution >= 4 is 33.5 Å². The van der Waals surface area contributed by atoms with E-state index >= 15 is 0 Å². The summed E-state index contributed by atoms with van der Waals surface area (Å²) in [5.41, 5.74) is 13.6. The lowest BCUT2D eigenvalue weighted by atomic mass is 10.1. The summed E-state index contributed by atoms with van der Waals surface area (Å²) in [6.45, 7) is 1.87. The van der Waals surface area contributed by atoms with Crippen molar-refractivity contribution in [3.05, 3.63) is 41.6 Å². The molecule has 0 fully saturated rings. The fourth-order valence-corrected chi connectivity index (χ4v) is 2.24. The topological polar surface area (TPSA) is 94.9 Å². The van der Waals surface area contributed by atoms with Crippen molar-refractivity contribution in [3.8, 4) is 0 Å². The molecule has 0 bridgehead atoms. The Morgan fingerprint density at radius 1 is 1.16 bits per heavy atom. The molecular weight excluding hydrogens is 240 g/mol. The highest BCUT2D eigenvalue weighted by Crippen LogP contribution is 2.27. The Kier molecular flexibility index (Phi) is 2.35. The minimum atomic E-state index is -0.578. The van der Waals surface area contributed by atoms with Gasteiger partial charge in [0, 0.05) is 10.8 Å². The van der Waals surface area contributed by atoms with Crippen LogP contribution in [0, 0.1) is 6.92 Å². The maximum Gasteiger partial charge on any atom is 0.252 e.